The van der Waals surface area contributed by atoms with Crippen LogP contribution in [0.5, 0.6) is 0 Å². The van der Waals surface area contributed by atoms with Crippen molar-refractivity contribution in [2.75, 3.05) is 38.6 Å². The van der Waals surface area contributed by atoms with Crippen LogP contribution < -0.4 is 11.1 Å². The predicted molar refractivity (Wildman–Crippen MR) is 113 cm³/mol. The number of amides is 1. The van der Waals surface area contributed by atoms with Gasteiger partial charge < -0.3 is 25.8 Å². The summed E-state index contributed by atoms with van der Waals surface area (Å²) in [6.45, 7) is 3.59. The first-order valence-corrected chi connectivity index (χ1v) is 10.5. The van der Waals surface area contributed by atoms with Gasteiger partial charge in [0.25, 0.3) is 5.91 Å². The van der Waals surface area contributed by atoms with Gasteiger partial charge in [0.1, 0.15) is 0 Å². The average Bonchev–Trinajstić information content (AvgIpc) is 2.72. The number of nitrogen functional groups attached to an aromatic ring is 1. The summed E-state index contributed by atoms with van der Waals surface area (Å²) in [5.74, 6) is -0.183. The Morgan fingerprint density at radius 3 is 2.83 bits per heavy atom. The maximum absolute atomic E-state index is 12.9. The maximum Gasteiger partial charge on any atom is 0.253 e. The molecule has 2 fully saturated rings. The van der Waals surface area contributed by atoms with Crippen molar-refractivity contribution in [1.82, 2.24) is 15.2 Å². The van der Waals surface area contributed by atoms with Crippen molar-refractivity contribution in [3.8, 4) is 0 Å². The number of nitrogens with one attached hydrogen (secondary N) is 1. The first-order valence-electron chi connectivity index (χ1n) is 10.1. The highest BCUT2D eigenvalue weighted by molar-refractivity contribution is 6.35. The summed E-state index contributed by atoms with van der Waals surface area (Å²) >= 11 is 6.23. The zero-order valence-corrected chi connectivity index (χ0v) is 17.1. The fraction of sp³-hybridized carbons (Fsp3) is 0.524. The molecule has 4 N–H and O–H groups in total. The zero-order valence-electron chi connectivity index (χ0n) is 16.4. The summed E-state index contributed by atoms with van der Waals surface area (Å²) in [7, 11) is 0. The van der Waals surface area contributed by atoms with Crippen molar-refractivity contribution in [3.05, 3.63) is 35.0 Å². The van der Waals surface area contributed by atoms with E-state index in [-0.39, 0.29) is 11.9 Å². The Morgan fingerprint density at radius 2 is 2.10 bits per heavy atom. The van der Waals surface area contributed by atoms with Gasteiger partial charge in [-0.15, -0.1) is 0 Å². The molecule has 8 heteroatoms. The fourth-order valence-electron chi connectivity index (χ4n) is 4.24. The lowest BCUT2D eigenvalue weighted by Crippen LogP contribution is -2.51. The quantitative estimate of drug-likeness (QED) is 0.658. The Balaban J connectivity index is 1.38. The Kier molecular flexibility index (Phi) is 5.92. The van der Waals surface area contributed by atoms with E-state index >= 15 is 0 Å². The number of likely N-dealkylation sites (tertiary alicyclic amines) is 1. The summed E-state index contributed by atoms with van der Waals surface area (Å²) in [5, 5.41) is 14.9. The minimum Gasteiger partial charge on any atom is -0.397 e. The van der Waals surface area contributed by atoms with Gasteiger partial charge in [0, 0.05) is 63.3 Å². The van der Waals surface area contributed by atoms with Crippen LogP contribution in [0.1, 0.15) is 36.0 Å². The number of β-amino-alcohol motifs (C(OH)–C–C–N with tert-alkyl or cyclic N) is 1. The first-order chi connectivity index (χ1) is 14.0. The van der Waals surface area contributed by atoms with Gasteiger partial charge in [-0.2, -0.15) is 0 Å². The number of pyridine rings is 1. The molecule has 0 bridgehead atoms. The lowest BCUT2D eigenvalue weighted by atomic mass is 9.92. The first kappa shape index (κ1) is 20.3. The second kappa shape index (κ2) is 8.44. The largest absolute Gasteiger partial charge is 0.397 e. The highest BCUT2D eigenvalue weighted by Crippen LogP contribution is 2.30. The molecule has 1 aromatic carbocycles. The molecule has 7 nitrogen and oxygen atoms in total. The summed E-state index contributed by atoms with van der Waals surface area (Å²) < 4.78 is 5.35. The second-order valence-electron chi connectivity index (χ2n) is 8.08. The number of halogens is 1. The number of anilines is 1. The Labute approximate surface area is 175 Å². The van der Waals surface area contributed by atoms with E-state index in [0.717, 1.165) is 25.9 Å². The van der Waals surface area contributed by atoms with Crippen LogP contribution in [0.15, 0.2) is 24.4 Å². The molecule has 3 heterocycles. The third-order valence-corrected chi connectivity index (χ3v) is 6.30. The van der Waals surface area contributed by atoms with Crippen molar-refractivity contribution in [2.45, 2.75) is 37.3 Å². The summed E-state index contributed by atoms with van der Waals surface area (Å²) in [5.41, 5.74) is 6.82. The number of aromatic nitrogens is 1. The monoisotopic (exact) mass is 418 g/mol. The van der Waals surface area contributed by atoms with Crippen LogP contribution >= 0.6 is 11.6 Å². The number of fused-ring (bicyclic) bond motifs is 1. The third-order valence-electron chi connectivity index (χ3n) is 5.99. The molecule has 0 radical (unpaired) electrons. The molecule has 0 aliphatic carbocycles. The van der Waals surface area contributed by atoms with Crippen molar-refractivity contribution in [3.63, 3.8) is 0 Å². The molecule has 0 unspecified atom stereocenters. The van der Waals surface area contributed by atoms with E-state index in [0.29, 0.717) is 59.8 Å². The second-order valence-corrected chi connectivity index (χ2v) is 8.49. The number of hydrogen-bond acceptors (Lipinski definition) is 6. The number of carbonyl (C=O) groups is 1. The van der Waals surface area contributed by atoms with Crippen molar-refractivity contribution >= 4 is 34.1 Å². The highest BCUT2D eigenvalue weighted by atomic mass is 35.5. The predicted octanol–water partition coefficient (Wildman–Crippen LogP) is 2.21. The van der Waals surface area contributed by atoms with Crippen LogP contribution in [-0.4, -0.2) is 65.4 Å². The molecule has 4 rings (SSSR count). The molecule has 0 atom stereocenters. The van der Waals surface area contributed by atoms with E-state index in [1.807, 2.05) is 6.07 Å². The number of nitrogens with two attached hydrogens (primary N) is 1. The molecular weight excluding hydrogens is 392 g/mol. The molecule has 1 amide bonds. The number of nitrogens with zero attached hydrogens (tertiary/aromatic N) is 2. The number of aliphatic hydroxyl groups is 1. The number of ether oxygens (including phenoxy) is 1. The van der Waals surface area contributed by atoms with Gasteiger partial charge in [-0.05, 0) is 31.0 Å². The van der Waals surface area contributed by atoms with Crippen molar-refractivity contribution < 1.29 is 14.6 Å². The fourth-order valence-corrected chi connectivity index (χ4v) is 4.45. The molecule has 1 aromatic heterocycles. The van der Waals surface area contributed by atoms with Crippen LogP contribution in [0.25, 0.3) is 10.9 Å². The average molecular weight is 419 g/mol. The van der Waals surface area contributed by atoms with E-state index in [1.165, 1.54) is 0 Å². The standard InChI is InChI=1S/C21H27ClN4O3/c22-17-12-16(19-15(18(17)23)2-1-7-24-19)20(27)25-14-3-8-26(9-4-14)13-21(28)5-10-29-11-6-21/h1-2,7,12,14,28H,3-6,8-11,13,23H2,(H,25,27). The van der Waals surface area contributed by atoms with Gasteiger partial charge in [0.05, 0.1) is 27.4 Å². The van der Waals surface area contributed by atoms with Crippen LogP contribution in [-0.2, 0) is 4.74 Å². The lowest BCUT2D eigenvalue weighted by molar-refractivity contribution is -0.0822. The minimum absolute atomic E-state index is 0.0816. The van der Waals surface area contributed by atoms with Gasteiger partial charge in [-0.3, -0.25) is 9.78 Å². The van der Waals surface area contributed by atoms with Gasteiger partial charge >= 0.3 is 0 Å². The summed E-state index contributed by atoms with van der Waals surface area (Å²) in [4.78, 5) is 19.5. The maximum atomic E-state index is 12.9. The summed E-state index contributed by atoms with van der Waals surface area (Å²) in [6.07, 6.45) is 4.69. The number of hydrogen-bond donors (Lipinski definition) is 3. The Hall–Kier alpha value is -1.93. The molecule has 0 spiro atoms. The Morgan fingerprint density at radius 1 is 1.38 bits per heavy atom. The molecule has 156 valence electrons. The Bertz CT molecular complexity index is 893. The number of carbonyl (C=O) groups excluding carboxylic acids is 1. The van der Waals surface area contributed by atoms with E-state index in [2.05, 4.69) is 15.2 Å². The van der Waals surface area contributed by atoms with E-state index in [1.54, 1.807) is 18.3 Å². The lowest BCUT2D eigenvalue weighted by Gasteiger charge is -2.40. The molecule has 0 saturated carbocycles. The van der Waals surface area contributed by atoms with Crippen LogP contribution in [0.3, 0.4) is 0 Å². The number of rotatable bonds is 4. The third kappa shape index (κ3) is 4.48. The van der Waals surface area contributed by atoms with Crippen LogP contribution in [0, 0.1) is 0 Å². The smallest absolute Gasteiger partial charge is 0.253 e. The van der Waals surface area contributed by atoms with Crippen molar-refractivity contribution in [2.24, 2.45) is 0 Å². The van der Waals surface area contributed by atoms with Crippen molar-refractivity contribution in [1.29, 1.82) is 0 Å². The van der Waals surface area contributed by atoms with Gasteiger partial charge in [-0.1, -0.05) is 11.6 Å². The number of piperidine rings is 1. The molecule has 2 aliphatic heterocycles. The molecule has 2 aromatic rings. The van der Waals surface area contributed by atoms with Gasteiger partial charge in [0.15, 0.2) is 0 Å². The van der Waals surface area contributed by atoms with E-state index < -0.39 is 5.60 Å². The van der Waals surface area contributed by atoms with E-state index in [4.69, 9.17) is 22.1 Å². The SMILES string of the molecule is Nc1c(Cl)cc(C(=O)NC2CCN(CC3(O)CCOCC3)CC2)c2ncccc12. The molecule has 2 aliphatic rings. The summed E-state index contributed by atoms with van der Waals surface area (Å²) in [6, 6.07) is 5.27. The highest BCUT2D eigenvalue weighted by Gasteiger charge is 2.33. The van der Waals surface area contributed by atoms with E-state index in [9.17, 15) is 9.90 Å². The van der Waals surface area contributed by atoms with Gasteiger partial charge in [-0.25, -0.2) is 0 Å². The molecular formula is C21H27ClN4O3. The van der Waals surface area contributed by atoms with Crippen LogP contribution in [0.4, 0.5) is 5.69 Å². The van der Waals surface area contributed by atoms with Crippen LogP contribution in [0.2, 0.25) is 5.02 Å². The number of benzene rings is 1. The molecule has 29 heavy (non-hydrogen) atoms. The topological polar surface area (TPSA) is 101 Å². The minimum atomic E-state index is -0.653. The van der Waals surface area contributed by atoms with Gasteiger partial charge in [0.2, 0.25) is 0 Å². The zero-order chi connectivity index (χ0) is 20.4. The molecule has 2 saturated heterocycles. The normalized spacial score (nSPS) is 20.6.